The highest BCUT2D eigenvalue weighted by Gasteiger charge is 2.14. The van der Waals surface area contributed by atoms with Crippen molar-refractivity contribution in [3.8, 4) is 0 Å². The van der Waals surface area contributed by atoms with Gasteiger partial charge in [0.25, 0.3) is 0 Å². The van der Waals surface area contributed by atoms with E-state index < -0.39 is 17.4 Å². The van der Waals surface area contributed by atoms with Crippen molar-refractivity contribution >= 4 is 23.5 Å². The molecule has 1 heterocycles. The third-order valence-electron chi connectivity index (χ3n) is 4.16. The van der Waals surface area contributed by atoms with Crippen molar-refractivity contribution in [1.82, 2.24) is 9.78 Å². The van der Waals surface area contributed by atoms with Crippen LogP contribution in [0.1, 0.15) is 32.7 Å². The van der Waals surface area contributed by atoms with Gasteiger partial charge in [-0.25, -0.2) is 13.5 Å². The van der Waals surface area contributed by atoms with E-state index in [9.17, 15) is 13.6 Å². The number of nitrogens with zero attached hydrogens (tertiary/aromatic N) is 2. The normalized spacial score (nSPS) is 11.3. The monoisotopic (exact) mass is 386 g/mol. The summed E-state index contributed by atoms with van der Waals surface area (Å²) in [7, 11) is 0. The molecule has 0 spiro atoms. The molecule has 0 aliphatic heterocycles. The van der Waals surface area contributed by atoms with Gasteiger partial charge in [0.05, 0.1) is 17.8 Å². The Labute approximate surface area is 160 Å². The van der Waals surface area contributed by atoms with Gasteiger partial charge in [-0.15, -0.1) is 0 Å². The number of carbonyl (C=O) groups excluding carboxylic acids is 1. The second-order valence-electron chi connectivity index (χ2n) is 6.25. The largest absolute Gasteiger partial charge is 0.289 e. The first-order valence-corrected chi connectivity index (χ1v) is 8.69. The topological polar surface area (TPSA) is 34.9 Å². The Hall–Kier alpha value is -2.79. The molecule has 0 bridgehead atoms. The number of benzene rings is 2. The van der Waals surface area contributed by atoms with Crippen LogP contribution in [0.25, 0.3) is 6.08 Å². The Morgan fingerprint density at radius 3 is 2.52 bits per heavy atom. The number of halogens is 3. The number of ketones is 1. The minimum atomic E-state index is -0.900. The van der Waals surface area contributed by atoms with Gasteiger partial charge in [0.2, 0.25) is 0 Å². The lowest BCUT2D eigenvalue weighted by atomic mass is 10.1. The van der Waals surface area contributed by atoms with Crippen LogP contribution in [0.15, 0.2) is 48.5 Å². The van der Waals surface area contributed by atoms with E-state index in [-0.39, 0.29) is 5.56 Å². The summed E-state index contributed by atoms with van der Waals surface area (Å²) >= 11 is 6.41. The first kappa shape index (κ1) is 19.0. The van der Waals surface area contributed by atoms with Crippen molar-refractivity contribution in [2.45, 2.75) is 20.4 Å². The molecular formula is C21H17ClF2N2O. The van der Waals surface area contributed by atoms with Gasteiger partial charge in [-0.05, 0) is 43.7 Å². The molecule has 2 aromatic carbocycles. The molecule has 6 heteroatoms. The molecule has 0 atom stereocenters. The zero-order valence-electron chi connectivity index (χ0n) is 14.8. The molecule has 3 aromatic rings. The van der Waals surface area contributed by atoms with Crippen molar-refractivity contribution in [3.05, 3.63) is 93.3 Å². The fraction of sp³-hybridized carbons (Fsp3) is 0.143. The lowest BCUT2D eigenvalue weighted by Gasteiger charge is -2.04. The van der Waals surface area contributed by atoms with Crippen LogP contribution in [0.5, 0.6) is 0 Å². The number of rotatable bonds is 5. The number of allylic oxidation sites excluding steroid dienone is 1. The molecule has 0 saturated heterocycles. The molecule has 0 aliphatic carbocycles. The highest BCUT2D eigenvalue weighted by Crippen LogP contribution is 2.23. The van der Waals surface area contributed by atoms with Gasteiger partial charge in [-0.3, -0.25) is 4.79 Å². The number of hydrogen-bond acceptors (Lipinski definition) is 2. The maximum atomic E-state index is 13.7. The fourth-order valence-corrected chi connectivity index (χ4v) is 2.96. The lowest BCUT2D eigenvalue weighted by molar-refractivity contribution is 0.104. The Kier molecular flexibility index (Phi) is 5.51. The number of aryl methyl sites for hydroxylation is 2. The van der Waals surface area contributed by atoms with E-state index in [2.05, 4.69) is 5.10 Å². The van der Waals surface area contributed by atoms with Gasteiger partial charge < -0.3 is 0 Å². The zero-order valence-corrected chi connectivity index (χ0v) is 15.6. The predicted molar refractivity (Wildman–Crippen MR) is 102 cm³/mol. The Morgan fingerprint density at radius 1 is 1.15 bits per heavy atom. The molecule has 0 amide bonds. The Bertz CT molecular complexity index is 1020. The van der Waals surface area contributed by atoms with Gasteiger partial charge in [-0.1, -0.05) is 41.4 Å². The zero-order chi connectivity index (χ0) is 19.6. The van der Waals surface area contributed by atoms with Gasteiger partial charge in [0.1, 0.15) is 16.8 Å². The van der Waals surface area contributed by atoms with E-state index in [0.29, 0.717) is 29.0 Å². The van der Waals surface area contributed by atoms with Crippen LogP contribution in [0.2, 0.25) is 5.15 Å². The molecule has 0 aliphatic rings. The smallest absolute Gasteiger partial charge is 0.188 e. The number of carbonyl (C=O) groups is 1. The Balaban J connectivity index is 1.82. The summed E-state index contributed by atoms with van der Waals surface area (Å²) in [5.41, 5.74) is 3.24. The molecule has 3 rings (SSSR count). The van der Waals surface area contributed by atoms with Crippen molar-refractivity contribution in [2.24, 2.45) is 0 Å². The summed E-state index contributed by atoms with van der Waals surface area (Å²) in [5, 5.41) is 4.79. The molecule has 1 aromatic heterocycles. The first-order valence-electron chi connectivity index (χ1n) is 8.31. The summed E-state index contributed by atoms with van der Waals surface area (Å²) in [5.74, 6) is -2.21. The molecule has 27 heavy (non-hydrogen) atoms. The van der Waals surface area contributed by atoms with Gasteiger partial charge in [-0.2, -0.15) is 5.10 Å². The summed E-state index contributed by atoms with van der Waals surface area (Å²) in [6, 6.07) is 10.9. The van der Waals surface area contributed by atoms with Crippen LogP contribution in [0.3, 0.4) is 0 Å². The summed E-state index contributed by atoms with van der Waals surface area (Å²) in [6.45, 7) is 4.28. The molecule has 138 valence electrons. The molecule has 0 unspecified atom stereocenters. The third-order valence-corrected chi connectivity index (χ3v) is 4.56. The van der Waals surface area contributed by atoms with Crippen LogP contribution in [0.4, 0.5) is 8.78 Å². The maximum absolute atomic E-state index is 13.7. The van der Waals surface area contributed by atoms with Crippen molar-refractivity contribution in [1.29, 1.82) is 0 Å². The lowest BCUT2D eigenvalue weighted by Crippen LogP contribution is -2.02. The van der Waals surface area contributed by atoms with Crippen LogP contribution in [-0.2, 0) is 6.54 Å². The molecule has 0 fully saturated rings. The van der Waals surface area contributed by atoms with E-state index in [1.807, 2.05) is 31.2 Å². The minimum absolute atomic E-state index is 0.200. The van der Waals surface area contributed by atoms with Gasteiger partial charge >= 0.3 is 0 Å². The van der Waals surface area contributed by atoms with Crippen LogP contribution in [0, 0.1) is 25.5 Å². The van der Waals surface area contributed by atoms with Gasteiger partial charge in [0.15, 0.2) is 5.78 Å². The highest BCUT2D eigenvalue weighted by molar-refractivity contribution is 6.31. The standard InChI is InChI=1S/C21H17ClF2N2O/c1-13-3-5-15(6-4-13)12-26-21(22)17(14(2)25-26)9-10-20(27)18-8-7-16(23)11-19(18)24/h3-11H,12H2,1-2H3/b10-9+. The summed E-state index contributed by atoms with van der Waals surface area (Å²) < 4.78 is 28.3. The van der Waals surface area contributed by atoms with Crippen LogP contribution < -0.4 is 0 Å². The second-order valence-corrected chi connectivity index (χ2v) is 6.61. The van der Waals surface area contributed by atoms with Crippen molar-refractivity contribution in [2.75, 3.05) is 0 Å². The average Bonchev–Trinajstić information content (AvgIpc) is 2.88. The Morgan fingerprint density at radius 2 is 1.85 bits per heavy atom. The molecule has 0 N–H and O–H groups in total. The van der Waals surface area contributed by atoms with E-state index in [1.165, 1.54) is 12.2 Å². The maximum Gasteiger partial charge on any atom is 0.188 e. The fourth-order valence-electron chi connectivity index (χ4n) is 2.67. The van der Waals surface area contributed by atoms with E-state index in [0.717, 1.165) is 23.3 Å². The second kappa shape index (κ2) is 7.84. The predicted octanol–water partition coefficient (Wildman–Crippen LogP) is 5.38. The number of hydrogen-bond donors (Lipinski definition) is 0. The van der Waals surface area contributed by atoms with Crippen molar-refractivity contribution in [3.63, 3.8) is 0 Å². The third kappa shape index (κ3) is 4.31. The van der Waals surface area contributed by atoms with Crippen LogP contribution in [-0.4, -0.2) is 15.6 Å². The highest BCUT2D eigenvalue weighted by atomic mass is 35.5. The van der Waals surface area contributed by atoms with Crippen LogP contribution >= 0.6 is 11.6 Å². The molecule has 3 nitrogen and oxygen atoms in total. The number of aromatic nitrogens is 2. The molecule has 0 radical (unpaired) electrons. The molecular weight excluding hydrogens is 370 g/mol. The van der Waals surface area contributed by atoms with E-state index in [1.54, 1.807) is 11.6 Å². The average molecular weight is 387 g/mol. The SMILES string of the molecule is Cc1ccc(Cn2nc(C)c(/C=C/C(=O)c3ccc(F)cc3F)c2Cl)cc1. The van der Waals surface area contributed by atoms with E-state index >= 15 is 0 Å². The first-order chi connectivity index (χ1) is 12.8. The van der Waals surface area contributed by atoms with E-state index in [4.69, 9.17) is 11.6 Å². The molecule has 0 saturated carbocycles. The van der Waals surface area contributed by atoms with Gasteiger partial charge in [0, 0.05) is 11.6 Å². The summed E-state index contributed by atoms with van der Waals surface area (Å²) in [6.07, 6.45) is 2.71. The van der Waals surface area contributed by atoms with Crippen molar-refractivity contribution < 1.29 is 13.6 Å². The summed E-state index contributed by atoms with van der Waals surface area (Å²) in [4.78, 5) is 12.2. The minimum Gasteiger partial charge on any atom is -0.289 e. The quantitative estimate of drug-likeness (QED) is 0.436.